The van der Waals surface area contributed by atoms with Gasteiger partial charge in [-0.15, -0.1) is 0 Å². The van der Waals surface area contributed by atoms with Crippen LogP contribution in [-0.2, 0) is 0 Å². The van der Waals surface area contributed by atoms with E-state index >= 15 is 0 Å². The van der Waals surface area contributed by atoms with E-state index in [9.17, 15) is 9.90 Å². The molecule has 0 fully saturated rings. The zero-order chi connectivity index (χ0) is 11.6. The van der Waals surface area contributed by atoms with Gasteiger partial charge >= 0.3 is 0 Å². The van der Waals surface area contributed by atoms with Gasteiger partial charge in [-0.3, -0.25) is 4.79 Å². The second kappa shape index (κ2) is 4.51. The molecule has 0 aliphatic heterocycles. The molecule has 0 aliphatic carbocycles. The fourth-order valence-electron chi connectivity index (χ4n) is 1.13. The quantitative estimate of drug-likeness (QED) is 0.772. The van der Waals surface area contributed by atoms with E-state index in [1.165, 1.54) is 26.2 Å². The number of carbonyl (C=O) groups excluding carboxylic acids is 1. The van der Waals surface area contributed by atoms with Crippen molar-refractivity contribution in [1.29, 1.82) is 0 Å². The molecular formula is C10H12ClNO3. The van der Waals surface area contributed by atoms with Crippen LogP contribution in [0.25, 0.3) is 0 Å². The number of aromatic hydroxyl groups is 1. The SMILES string of the molecule is COc1cc(Cl)c(O)c(C(=O)C(C)N)c1. The van der Waals surface area contributed by atoms with Gasteiger partial charge in [-0.05, 0) is 13.0 Å². The minimum atomic E-state index is -0.695. The van der Waals surface area contributed by atoms with Crippen molar-refractivity contribution in [3.63, 3.8) is 0 Å². The molecule has 0 radical (unpaired) electrons. The van der Waals surface area contributed by atoms with Gasteiger partial charge in [0, 0.05) is 6.07 Å². The van der Waals surface area contributed by atoms with Crippen LogP contribution in [0.2, 0.25) is 5.02 Å². The smallest absolute Gasteiger partial charge is 0.183 e. The zero-order valence-electron chi connectivity index (χ0n) is 8.45. The van der Waals surface area contributed by atoms with Crippen LogP contribution in [-0.4, -0.2) is 24.0 Å². The minimum Gasteiger partial charge on any atom is -0.506 e. The van der Waals surface area contributed by atoms with E-state index in [1.807, 2.05) is 0 Å². The number of rotatable bonds is 3. The predicted octanol–water partition coefficient (Wildman–Crippen LogP) is 1.58. The molecule has 5 heteroatoms. The van der Waals surface area contributed by atoms with Crippen LogP contribution in [0.1, 0.15) is 17.3 Å². The van der Waals surface area contributed by atoms with Crippen LogP contribution >= 0.6 is 11.6 Å². The van der Waals surface area contributed by atoms with E-state index in [4.69, 9.17) is 22.1 Å². The number of hydrogen-bond acceptors (Lipinski definition) is 4. The summed E-state index contributed by atoms with van der Waals surface area (Å²) in [5.41, 5.74) is 5.51. The molecular weight excluding hydrogens is 218 g/mol. The average molecular weight is 230 g/mol. The van der Waals surface area contributed by atoms with E-state index in [2.05, 4.69) is 0 Å². The van der Waals surface area contributed by atoms with Crippen molar-refractivity contribution in [2.75, 3.05) is 7.11 Å². The maximum absolute atomic E-state index is 11.6. The van der Waals surface area contributed by atoms with Gasteiger partial charge in [0.2, 0.25) is 0 Å². The number of halogens is 1. The Hall–Kier alpha value is -1.26. The monoisotopic (exact) mass is 229 g/mol. The Kier molecular flexibility index (Phi) is 3.55. The lowest BCUT2D eigenvalue weighted by molar-refractivity contribution is 0.0965. The molecule has 0 saturated heterocycles. The topological polar surface area (TPSA) is 72.5 Å². The molecule has 1 unspecified atom stereocenters. The van der Waals surface area contributed by atoms with Gasteiger partial charge in [-0.25, -0.2) is 0 Å². The molecule has 0 spiro atoms. The van der Waals surface area contributed by atoms with Crippen molar-refractivity contribution in [1.82, 2.24) is 0 Å². The molecule has 0 heterocycles. The van der Waals surface area contributed by atoms with Gasteiger partial charge in [-0.2, -0.15) is 0 Å². The lowest BCUT2D eigenvalue weighted by Crippen LogP contribution is -2.26. The third kappa shape index (κ3) is 2.40. The summed E-state index contributed by atoms with van der Waals surface area (Å²) >= 11 is 5.72. The minimum absolute atomic E-state index is 0.0679. The largest absolute Gasteiger partial charge is 0.506 e. The van der Waals surface area contributed by atoms with Crippen molar-refractivity contribution in [3.8, 4) is 11.5 Å². The third-order valence-electron chi connectivity index (χ3n) is 1.95. The Balaban J connectivity index is 3.27. The first kappa shape index (κ1) is 11.8. The fourth-order valence-corrected chi connectivity index (χ4v) is 1.33. The molecule has 0 aromatic heterocycles. The summed E-state index contributed by atoms with van der Waals surface area (Å²) in [6, 6.07) is 2.14. The number of phenolic OH excluding ortho intramolecular Hbond substituents is 1. The number of phenols is 1. The van der Waals surface area contributed by atoms with Crippen molar-refractivity contribution in [2.45, 2.75) is 13.0 Å². The average Bonchev–Trinajstić information content (AvgIpc) is 2.20. The van der Waals surface area contributed by atoms with E-state index in [1.54, 1.807) is 0 Å². The molecule has 15 heavy (non-hydrogen) atoms. The van der Waals surface area contributed by atoms with Gasteiger partial charge in [0.1, 0.15) is 11.5 Å². The van der Waals surface area contributed by atoms with Crippen LogP contribution in [0.15, 0.2) is 12.1 Å². The first-order chi connectivity index (χ1) is 6.97. The molecule has 1 atom stereocenters. The Morgan fingerprint density at radius 1 is 1.60 bits per heavy atom. The number of benzene rings is 1. The molecule has 4 nitrogen and oxygen atoms in total. The fraction of sp³-hybridized carbons (Fsp3) is 0.300. The number of methoxy groups -OCH3 is 1. The summed E-state index contributed by atoms with van der Waals surface area (Å²) in [6.07, 6.45) is 0. The van der Waals surface area contributed by atoms with Crippen LogP contribution < -0.4 is 10.5 Å². The van der Waals surface area contributed by atoms with Crippen molar-refractivity contribution in [2.24, 2.45) is 5.73 Å². The highest BCUT2D eigenvalue weighted by Gasteiger charge is 2.18. The van der Waals surface area contributed by atoms with E-state index in [0.29, 0.717) is 5.75 Å². The first-order valence-electron chi connectivity index (χ1n) is 4.33. The maximum Gasteiger partial charge on any atom is 0.183 e. The number of hydrogen-bond donors (Lipinski definition) is 2. The molecule has 82 valence electrons. The number of carbonyl (C=O) groups is 1. The molecule has 0 aliphatic rings. The van der Waals surface area contributed by atoms with Crippen molar-refractivity contribution < 1.29 is 14.6 Å². The highest BCUT2D eigenvalue weighted by atomic mass is 35.5. The number of Topliss-reactive ketones (excluding diaryl/α,β-unsaturated/α-hetero) is 1. The predicted molar refractivity (Wildman–Crippen MR) is 57.6 cm³/mol. The number of nitrogens with two attached hydrogens (primary N) is 1. The lowest BCUT2D eigenvalue weighted by atomic mass is 10.0. The van der Waals surface area contributed by atoms with Crippen LogP contribution in [0, 0.1) is 0 Å². The Morgan fingerprint density at radius 2 is 2.20 bits per heavy atom. The summed E-state index contributed by atoms with van der Waals surface area (Å²) < 4.78 is 4.93. The van der Waals surface area contributed by atoms with Crippen LogP contribution in [0.3, 0.4) is 0 Å². The Morgan fingerprint density at radius 3 is 2.67 bits per heavy atom. The van der Waals surface area contributed by atoms with Gasteiger partial charge in [-0.1, -0.05) is 11.6 Å². The molecule has 3 N–H and O–H groups in total. The van der Waals surface area contributed by atoms with Crippen LogP contribution in [0.5, 0.6) is 11.5 Å². The lowest BCUT2D eigenvalue weighted by Gasteiger charge is -2.10. The molecule has 1 aromatic rings. The molecule has 0 amide bonds. The van der Waals surface area contributed by atoms with Gasteiger partial charge < -0.3 is 15.6 Å². The summed E-state index contributed by atoms with van der Waals surface area (Å²) in [6.45, 7) is 1.54. The maximum atomic E-state index is 11.6. The molecule has 1 aromatic carbocycles. The summed E-state index contributed by atoms with van der Waals surface area (Å²) in [5.74, 6) is -0.241. The summed E-state index contributed by atoms with van der Waals surface area (Å²) in [7, 11) is 1.45. The van der Waals surface area contributed by atoms with Crippen molar-refractivity contribution in [3.05, 3.63) is 22.7 Å². The summed E-state index contributed by atoms with van der Waals surface area (Å²) in [5, 5.41) is 9.64. The van der Waals surface area contributed by atoms with E-state index in [-0.39, 0.29) is 22.1 Å². The zero-order valence-corrected chi connectivity index (χ0v) is 9.21. The Labute approximate surface area is 92.6 Å². The second-order valence-electron chi connectivity index (χ2n) is 3.16. The third-order valence-corrected chi connectivity index (χ3v) is 2.24. The highest BCUT2D eigenvalue weighted by Crippen LogP contribution is 2.32. The van der Waals surface area contributed by atoms with Crippen LogP contribution in [0.4, 0.5) is 0 Å². The highest BCUT2D eigenvalue weighted by molar-refractivity contribution is 6.32. The summed E-state index contributed by atoms with van der Waals surface area (Å²) in [4.78, 5) is 11.6. The van der Waals surface area contributed by atoms with Gasteiger partial charge in [0.05, 0.1) is 23.7 Å². The number of ether oxygens (including phenoxy) is 1. The van der Waals surface area contributed by atoms with Crippen molar-refractivity contribution >= 4 is 17.4 Å². The normalized spacial score (nSPS) is 12.3. The first-order valence-corrected chi connectivity index (χ1v) is 4.71. The Bertz CT molecular complexity index is 390. The number of ketones is 1. The standard InChI is InChI=1S/C10H12ClNO3/c1-5(12)9(13)7-3-6(15-2)4-8(11)10(7)14/h3-5,14H,12H2,1-2H3. The van der Waals surface area contributed by atoms with E-state index < -0.39 is 6.04 Å². The molecule has 1 rings (SSSR count). The second-order valence-corrected chi connectivity index (χ2v) is 3.57. The van der Waals surface area contributed by atoms with E-state index in [0.717, 1.165) is 0 Å². The molecule has 0 bridgehead atoms. The van der Waals surface area contributed by atoms with Gasteiger partial charge in [0.15, 0.2) is 5.78 Å². The van der Waals surface area contributed by atoms with Gasteiger partial charge in [0.25, 0.3) is 0 Å². The molecule has 0 saturated carbocycles.